The van der Waals surface area contributed by atoms with Crippen LogP contribution in [0.25, 0.3) is 27.9 Å². The molecule has 0 aliphatic carbocycles. The minimum absolute atomic E-state index is 0.00160. The van der Waals surface area contributed by atoms with Gasteiger partial charge in [0.25, 0.3) is 0 Å². The van der Waals surface area contributed by atoms with Crippen LogP contribution in [0.1, 0.15) is 13.8 Å². The number of piperazine rings is 1. The molecule has 158 valence electrons. The van der Waals surface area contributed by atoms with Gasteiger partial charge in [0.15, 0.2) is 11.5 Å². The molecule has 1 amide bonds. The zero-order chi connectivity index (χ0) is 21.5. The molecule has 1 saturated heterocycles. The average Bonchev–Trinajstić information content (AvgIpc) is 3.24. The van der Waals surface area contributed by atoms with E-state index in [1.807, 2.05) is 71.7 Å². The molecule has 0 bridgehead atoms. The molecule has 0 atom stereocenters. The highest BCUT2D eigenvalue weighted by atomic mass is 35.5. The van der Waals surface area contributed by atoms with Gasteiger partial charge in [0.05, 0.1) is 5.52 Å². The van der Waals surface area contributed by atoms with Gasteiger partial charge in [-0.05, 0) is 18.2 Å². The Balaban J connectivity index is 1.64. The van der Waals surface area contributed by atoms with Crippen LogP contribution in [0.4, 0.5) is 5.95 Å². The minimum atomic E-state index is 0.00160. The Bertz CT molecular complexity index is 1260. The third kappa shape index (κ3) is 3.49. The highest BCUT2D eigenvalue weighted by Gasteiger charge is 2.26. The number of anilines is 1. The van der Waals surface area contributed by atoms with Gasteiger partial charge >= 0.3 is 0 Å². The molecule has 8 heteroatoms. The van der Waals surface area contributed by atoms with Crippen LogP contribution in [-0.2, 0) is 4.79 Å². The Morgan fingerprint density at radius 1 is 1.00 bits per heavy atom. The van der Waals surface area contributed by atoms with E-state index in [1.165, 1.54) is 0 Å². The lowest BCUT2D eigenvalue weighted by atomic mass is 10.1. The zero-order valence-corrected chi connectivity index (χ0v) is 18.3. The standard InChI is InChI=1S/C23H23ClN6O/c1-15(2)22(31)28-10-12-29(13-11-28)23-25-19-14-17(24)8-9-18(19)21-27-26-20(30(21)23)16-6-4-3-5-7-16/h3-9,14-15H,10-13H2,1-2H3. The Hall–Kier alpha value is -3.19. The van der Waals surface area contributed by atoms with Gasteiger partial charge in [0.1, 0.15) is 0 Å². The van der Waals surface area contributed by atoms with Gasteiger partial charge in [0, 0.05) is 48.1 Å². The number of fused-ring (bicyclic) bond motifs is 3. The highest BCUT2D eigenvalue weighted by molar-refractivity contribution is 6.31. The Morgan fingerprint density at radius 2 is 1.74 bits per heavy atom. The lowest BCUT2D eigenvalue weighted by Crippen LogP contribution is -2.50. The lowest BCUT2D eigenvalue weighted by molar-refractivity contribution is -0.134. The lowest BCUT2D eigenvalue weighted by Gasteiger charge is -2.36. The van der Waals surface area contributed by atoms with Gasteiger partial charge in [-0.2, -0.15) is 0 Å². The Labute approximate surface area is 185 Å². The molecule has 0 saturated carbocycles. The van der Waals surface area contributed by atoms with E-state index in [2.05, 4.69) is 15.1 Å². The fraction of sp³-hybridized carbons (Fsp3) is 0.304. The highest BCUT2D eigenvalue weighted by Crippen LogP contribution is 2.30. The van der Waals surface area contributed by atoms with Gasteiger partial charge in [0.2, 0.25) is 11.9 Å². The molecule has 5 rings (SSSR count). The number of amides is 1. The molecule has 31 heavy (non-hydrogen) atoms. The van der Waals surface area contributed by atoms with Crippen LogP contribution < -0.4 is 4.90 Å². The smallest absolute Gasteiger partial charge is 0.225 e. The molecule has 0 spiro atoms. The summed E-state index contributed by atoms with van der Waals surface area (Å²) in [6.45, 7) is 6.59. The molecule has 7 nitrogen and oxygen atoms in total. The van der Waals surface area contributed by atoms with E-state index in [0.29, 0.717) is 31.2 Å². The number of hydrogen-bond acceptors (Lipinski definition) is 5. The van der Waals surface area contributed by atoms with E-state index in [0.717, 1.165) is 33.9 Å². The van der Waals surface area contributed by atoms with Gasteiger partial charge in [-0.1, -0.05) is 55.8 Å². The van der Waals surface area contributed by atoms with Crippen molar-refractivity contribution in [3.63, 3.8) is 0 Å². The van der Waals surface area contributed by atoms with Crippen molar-refractivity contribution >= 4 is 40.0 Å². The molecule has 0 radical (unpaired) electrons. The summed E-state index contributed by atoms with van der Waals surface area (Å²) in [5.74, 6) is 1.71. The summed E-state index contributed by atoms with van der Waals surface area (Å²) in [5.41, 5.74) is 2.50. The second-order valence-corrected chi connectivity index (χ2v) is 8.53. The van der Waals surface area contributed by atoms with E-state index in [4.69, 9.17) is 16.6 Å². The van der Waals surface area contributed by atoms with Crippen molar-refractivity contribution in [3.05, 3.63) is 53.6 Å². The maximum atomic E-state index is 12.4. The first-order valence-corrected chi connectivity index (χ1v) is 10.8. The first-order valence-electron chi connectivity index (χ1n) is 10.5. The number of hydrogen-bond donors (Lipinski definition) is 0. The Kier molecular flexibility index (Phi) is 4.98. The fourth-order valence-corrected chi connectivity index (χ4v) is 4.24. The van der Waals surface area contributed by atoms with Crippen LogP contribution in [0, 0.1) is 5.92 Å². The SMILES string of the molecule is CC(C)C(=O)N1CCN(c2nc3cc(Cl)ccc3c3nnc(-c4ccccc4)n23)CC1. The third-order valence-corrected chi connectivity index (χ3v) is 5.92. The number of carbonyl (C=O) groups is 1. The molecule has 0 N–H and O–H groups in total. The molecule has 1 fully saturated rings. The maximum absolute atomic E-state index is 12.4. The van der Waals surface area contributed by atoms with Gasteiger partial charge < -0.3 is 9.80 Å². The van der Waals surface area contributed by atoms with Crippen molar-refractivity contribution in [3.8, 4) is 11.4 Å². The van der Waals surface area contributed by atoms with Crippen molar-refractivity contribution < 1.29 is 4.79 Å². The molecule has 0 unspecified atom stereocenters. The molecule has 4 aromatic rings. The molecule has 1 aliphatic heterocycles. The van der Waals surface area contributed by atoms with Crippen LogP contribution in [0.3, 0.4) is 0 Å². The van der Waals surface area contributed by atoms with Crippen molar-refractivity contribution in [2.45, 2.75) is 13.8 Å². The van der Waals surface area contributed by atoms with E-state index in [9.17, 15) is 4.79 Å². The summed E-state index contributed by atoms with van der Waals surface area (Å²) < 4.78 is 2.02. The topological polar surface area (TPSA) is 66.6 Å². The summed E-state index contributed by atoms with van der Waals surface area (Å²) in [4.78, 5) is 21.5. The summed E-state index contributed by atoms with van der Waals surface area (Å²) in [6, 6.07) is 15.6. The van der Waals surface area contributed by atoms with Crippen molar-refractivity contribution in [2.75, 3.05) is 31.1 Å². The monoisotopic (exact) mass is 434 g/mol. The number of rotatable bonds is 3. The number of halogens is 1. The van der Waals surface area contributed by atoms with E-state index in [1.54, 1.807) is 0 Å². The molecule has 3 heterocycles. The summed E-state index contributed by atoms with van der Waals surface area (Å²) in [6.07, 6.45) is 0. The van der Waals surface area contributed by atoms with Gasteiger partial charge in [-0.3, -0.25) is 4.79 Å². The largest absolute Gasteiger partial charge is 0.339 e. The second kappa shape index (κ2) is 7.81. The number of carbonyl (C=O) groups excluding carboxylic acids is 1. The number of aromatic nitrogens is 4. The normalized spacial score (nSPS) is 14.7. The van der Waals surface area contributed by atoms with Crippen molar-refractivity contribution in [1.82, 2.24) is 24.5 Å². The predicted molar refractivity (Wildman–Crippen MR) is 122 cm³/mol. The van der Waals surface area contributed by atoms with E-state index in [-0.39, 0.29) is 11.8 Å². The van der Waals surface area contributed by atoms with Crippen LogP contribution in [0.5, 0.6) is 0 Å². The third-order valence-electron chi connectivity index (χ3n) is 5.68. The summed E-state index contributed by atoms with van der Waals surface area (Å²) in [5, 5.41) is 10.6. The van der Waals surface area contributed by atoms with Crippen LogP contribution in [0.15, 0.2) is 48.5 Å². The Morgan fingerprint density at radius 3 is 2.45 bits per heavy atom. The van der Waals surface area contributed by atoms with Crippen LogP contribution in [-0.4, -0.2) is 56.6 Å². The second-order valence-electron chi connectivity index (χ2n) is 8.09. The molecule has 1 aliphatic rings. The first-order chi connectivity index (χ1) is 15.0. The summed E-state index contributed by atoms with van der Waals surface area (Å²) >= 11 is 6.25. The molecule has 2 aromatic carbocycles. The molecular weight excluding hydrogens is 412 g/mol. The summed E-state index contributed by atoms with van der Waals surface area (Å²) in [7, 11) is 0. The quantitative estimate of drug-likeness (QED) is 0.489. The zero-order valence-electron chi connectivity index (χ0n) is 17.5. The van der Waals surface area contributed by atoms with Gasteiger partial charge in [-0.15, -0.1) is 10.2 Å². The number of nitrogens with zero attached hydrogens (tertiary/aromatic N) is 6. The number of benzene rings is 2. The van der Waals surface area contributed by atoms with Crippen molar-refractivity contribution in [2.24, 2.45) is 5.92 Å². The van der Waals surface area contributed by atoms with Crippen molar-refractivity contribution in [1.29, 1.82) is 0 Å². The maximum Gasteiger partial charge on any atom is 0.225 e. The average molecular weight is 435 g/mol. The molecular formula is C23H23ClN6O. The fourth-order valence-electron chi connectivity index (χ4n) is 4.07. The predicted octanol–water partition coefficient (Wildman–Crippen LogP) is 3.90. The van der Waals surface area contributed by atoms with Crippen LogP contribution in [0.2, 0.25) is 5.02 Å². The van der Waals surface area contributed by atoms with Gasteiger partial charge in [-0.25, -0.2) is 9.38 Å². The van der Waals surface area contributed by atoms with E-state index < -0.39 is 0 Å². The van der Waals surface area contributed by atoms with Crippen LogP contribution >= 0.6 is 11.6 Å². The minimum Gasteiger partial charge on any atom is -0.339 e. The first kappa shape index (κ1) is 19.8. The molecule has 2 aromatic heterocycles. The van der Waals surface area contributed by atoms with E-state index >= 15 is 0 Å².